The Labute approximate surface area is 307 Å². The van der Waals surface area contributed by atoms with E-state index >= 15 is 0 Å². The molecule has 0 spiro atoms. The molecule has 3 heterocycles. The number of aromatic nitrogens is 3. The fourth-order valence-electron chi connectivity index (χ4n) is 7.41. The minimum atomic E-state index is 0.907. The molecule has 53 heavy (non-hydrogen) atoms. The average Bonchev–Trinajstić information content (AvgIpc) is 3.78. The highest BCUT2D eigenvalue weighted by atomic mass is 16.3. The van der Waals surface area contributed by atoms with E-state index in [4.69, 9.17) is 14.4 Å². The molecule has 250 valence electrons. The van der Waals surface area contributed by atoms with Crippen molar-refractivity contribution < 1.29 is 4.42 Å². The summed E-state index contributed by atoms with van der Waals surface area (Å²) in [4.78, 5) is 10.1. The highest BCUT2D eigenvalue weighted by Crippen LogP contribution is 2.36. The average molecular weight is 680 g/mol. The van der Waals surface area contributed by atoms with Gasteiger partial charge >= 0.3 is 0 Å². The topological polar surface area (TPSA) is 43.9 Å². The van der Waals surface area contributed by atoms with Crippen molar-refractivity contribution in [3.8, 4) is 67.3 Å². The van der Waals surface area contributed by atoms with Crippen LogP contribution in [0.3, 0.4) is 0 Å². The predicted octanol–water partition coefficient (Wildman–Crippen LogP) is 12.9. The van der Waals surface area contributed by atoms with Crippen LogP contribution in [0.2, 0.25) is 0 Å². The number of aryl methyl sites for hydroxylation is 1. The van der Waals surface area contributed by atoms with Crippen molar-refractivity contribution in [1.29, 1.82) is 0 Å². The molecule has 10 rings (SSSR count). The normalized spacial score (nSPS) is 11.5. The van der Waals surface area contributed by atoms with E-state index in [2.05, 4.69) is 169 Å². The number of pyridine rings is 1. The summed E-state index contributed by atoms with van der Waals surface area (Å²) in [6, 6.07) is 63.9. The Balaban J connectivity index is 0.989. The third kappa shape index (κ3) is 5.58. The number of para-hydroxylation sites is 1. The van der Waals surface area contributed by atoms with Crippen LogP contribution in [0, 0.1) is 0 Å². The second-order valence-corrected chi connectivity index (χ2v) is 13.5. The van der Waals surface area contributed by atoms with Crippen molar-refractivity contribution in [2.75, 3.05) is 0 Å². The lowest BCUT2D eigenvalue weighted by Gasteiger charge is -2.12. The predicted molar refractivity (Wildman–Crippen MR) is 218 cm³/mol. The Bertz CT molecular complexity index is 2920. The molecule has 0 bridgehead atoms. The van der Waals surface area contributed by atoms with Crippen LogP contribution in [0.5, 0.6) is 0 Å². The van der Waals surface area contributed by atoms with Gasteiger partial charge in [-0.25, -0.2) is 9.97 Å². The second-order valence-electron chi connectivity index (χ2n) is 13.5. The lowest BCUT2D eigenvalue weighted by atomic mass is 9.96. The maximum absolute atomic E-state index is 6.07. The molecule has 10 aromatic rings. The van der Waals surface area contributed by atoms with E-state index in [0.29, 0.717) is 0 Å². The Hall–Kier alpha value is -7.04. The van der Waals surface area contributed by atoms with Crippen molar-refractivity contribution in [2.24, 2.45) is 7.05 Å². The lowest BCUT2D eigenvalue weighted by Crippen LogP contribution is -1.92. The molecular weight excluding hydrogens is 647 g/mol. The highest BCUT2D eigenvalue weighted by molar-refractivity contribution is 6.06. The molecule has 0 aliphatic rings. The molecule has 7 aromatic carbocycles. The molecule has 0 amide bonds. The largest absolute Gasteiger partial charge is 0.456 e. The summed E-state index contributed by atoms with van der Waals surface area (Å²) in [5, 5.41) is 2.27. The fourth-order valence-corrected chi connectivity index (χ4v) is 7.41. The summed E-state index contributed by atoms with van der Waals surface area (Å²) in [7, 11) is 2.09. The minimum Gasteiger partial charge on any atom is -0.456 e. The molecule has 0 radical (unpaired) electrons. The highest BCUT2D eigenvalue weighted by Gasteiger charge is 2.14. The number of benzene rings is 7. The molecule has 0 N–H and O–H groups in total. The van der Waals surface area contributed by atoms with Crippen molar-refractivity contribution >= 4 is 33.0 Å². The molecule has 0 aliphatic carbocycles. The van der Waals surface area contributed by atoms with Crippen LogP contribution in [-0.2, 0) is 7.05 Å². The summed E-state index contributed by atoms with van der Waals surface area (Å²) in [6.45, 7) is 0. The minimum absolute atomic E-state index is 0.907. The molecule has 0 fully saturated rings. The van der Waals surface area contributed by atoms with Crippen molar-refractivity contribution in [3.63, 3.8) is 0 Å². The van der Waals surface area contributed by atoms with Gasteiger partial charge in [0.2, 0.25) is 0 Å². The summed E-state index contributed by atoms with van der Waals surface area (Å²) < 4.78 is 8.25. The van der Waals surface area contributed by atoms with Gasteiger partial charge in [0.15, 0.2) is 0 Å². The van der Waals surface area contributed by atoms with E-state index in [1.165, 1.54) is 0 Å². The van der Waals surface area contributed by atoms with Crippen molar-refractivity contribution in [3.05, 3.63) is 182 Å². The first-order chi connectivity index (χ1) is 26.1. The van der Waals surface area contributed by atoms with Crippen molar-refractivity contribution in [2.45, 2.75) is 0 Å². The summed E-state index contributed by atoms with van der Waals surface area (Å²) in [5.41, 5.74) is 15.9. The molecule has 4 nitrogen and oxygen atoms in total. The van der Waals surface area contributed by atoms with Gasteiger partial charge in [-0.2, -0.15) is 0 Å². The van der Waals surface area contributed by atoms with E-state index in [1.54, 1.807) is 0 Å². The first kappa shape index (κ1) is 30.8. The van der Waals surface area contributed by atoms with Gasteiger partial charge < -0.3 is 8.98 Å². The van der Waals surface area contributed by atoms with E-state index < -0.39 is 0 Å². The maximum atomic E-state index is 6.07. The molecular formula is C49H33N3O. The molecule has 0 saturated carbocycles. The summed E-state index contributed by atoms with van der Waals surface area (Å²) in [6.07, 6.45) is 0. The Morgan fingerprint density at radius 1 is 0.377 bits per heavy atom. The smallest absolute Gasteiger partial charge is 0.140 e. The number of furan rings is 1. The maximum Gasteiger partial charge on any atom is 0.140 e. The van der Waals surface area contributed by atoms with Crippen LogP contribution in [0.4, 0.5) is 0 Å². The van der Waals surface area contributed by atoms with E-state index in [9.17, 15) is 0 Å². The van der Waals surface area contributed by atoms with Crippen LogP contribution in [-0.4, -0.2) is 14.5 Å². The van der Waals surface area contributed by atoms with Gasteiger partial charge in [0.25, 0.3) is 0 Å². The van der Waals surface area contributed by atoms with E-state index in [1.807, 2.05) is 24.3 Å². The van der Waals surface area contributed by atoms with Gasteiger partial charge in [0, 0.05) is 34.5 Å². The number of rotatable bonds is 6. The zero-order valence-corrected chi connectivity index (χ0v) is 29.1. The SMILES string of the molecule is Cn1c(-c2ccccc2)nc2ccc(-c3ccc(-c4cc(-c5ccc(-c6ccc7oc8ccccc8c7c6)cc5)cc(-c5ccccc5)n4)cc3)cc21. The monoisotopic (exact) mass is 679 g/mol. The van der Waals surface area contributed by atoms with Crippen LogP contribution >= 0.6 is 0 Å². The number of nitrogens with zero attached hydrogens (tertiary/aromatic N) is 3. The van der Waals surface area contributed by atoms with Gasteiger partial charge in [-0.15, -0.1) is 0 Å². The van der Waals surface area contributed by atoms with Crippen LogP contribution in [0.15, 0.2) is 186 Å². The number of fused-ring (bicyclic) bond motifs is 4. The molecule has 0 unspecified atom stereocenters. The zero-order chi connectivity index (χ0) is 35.3. The molecule has 4 heteroatoms. The molecule has 0 atom stereocenters. The Kier molecular flexibility index (Phi) is 7.33. The molecule has 3 aromatic heterocycles. The lowest BCUT2D eigenvalue weighted by molar-refractivity contribution is 0.669. The fraction of sp³-hybridized carbons (Fsp3) is 0.0204. The third-order valence-corrected chi connectivity index (χ3v) is 10.2. The first-order valence-electron chi connectivity index (χ1n) is 17.9. The van der Waals surface area contributed by atoms with Gasteiger partial charge in [-0.3, -0.25) is 0 Å². The second kappa shape index (κ2) is 12.6. The van der Waals surface area contributed by atoms with Crippen molar-refractivity contribution in [1.82, 2.24) is 14.5 Å². The first-order valence-corrected chi connectivity index (χ1v) is 17.9. The van der Waals surface area contributed by atoms with Gasteiger partial charge in [-0.05, 0) is 75.8 Å². The third-order valence-electron chi connectivity index (χ3n) is 10.2. The number of hydrogen-bond donors (Lipinski definition) is 0. The van der Waals surface area contributed by atoms with Crippen LogP contribution in [0.25, 0.3) is 100 Å². The van der Waals surface area contributed by atoms with E-state index in [-0.39, 0.29) is 0 Å². The van der Waals surface area contributed by atoms with Gasteiger partial charge in [0.05, 0.1) is 22.4 Å². The summed E-state index contributed by atoms with van der Waals surface area (Å²) in [5.74, 6) is 0.965. The molecule has 0 aliphatic heterocycles. The number of imidazole rings is 1. The van der Waals surface area contributed by atoms with E-state index in [0.717, 1.165) is 100 Å². The molecule has 0 saturated heterocycles. The van der Waals surface area contributed by atoms with Gasteiger partial charge in [0.1, 0.15) is 17.0 Å². The quantitative estimate of drug-likeness (QED) is 0.176. The van der Waals surface area contributed by atoms with Crippen LogP contribution < -0.4 is 0 Å². The zero-order valence-electron chi connectivity index (χ0n) is 29.1. The number of hydrogen-bond acceptors (Lipinski definition) is 3. The Morgan fingerprint density at radius 3 is 1.58 bits per heavy atom. The Morgan fingerprint density at radius 2 is 0.887 bits per heavy atom. The standard InChI is InChI=1S/C49H33N3O/c1-52-46-31-39(24-26-43(46)51-49(52)37-12-6-3-7-13-37)33-20-22-36(23-21-33)45-30-40(29-44(50-45)35-10-4-2-5-11-35)34-18-16-32(17-19-34)38-25-27-48-42(28-38)41-14-8-9-15-47(41)53-48/h2-31H,1H3. The summed E-state index contributed by atoms with van der Waals surface area (Å²) >= 11 is 0. The van der Waals surface area contributed by atoms with Crippen LogP contribution in [0.1, 0.15) is 0 Å². The van der Waals surface area contributed by atoms with Gasteiger partial charge in [-0.1, -0.05) is 140 Å².